The molecule has 4 nitrogen and oxygen atoms in total. The van der Waals surface area contributed by atoms with Crippen molar-refractivity contribution in [3.05, 3.63) is 59.8 Å². The number of pyridine rings is 2. The summed E-state index contributed by atoms with van der Waals surface area (Å²) in [5, 5.41) is 16.0. The summed E-state index contributed by atoms with van der Waals surface area (Å²) >= 11 is 0. The summed E-state index contributed by atoms with van der Waals surface area (Å²) in [6, 6.07) is 7.30. The number of nitrogens with zero attached hydrogens (tertiary/aromatic N) is 2. The number of hydrogen-bond donors (Lipinski definition) is 2. The molecule has 20 heavy (non-hydrogen) atoms. The number of hydrogen-bond acceptors (Lipinski definition) is 2. The van der Waals surface area contributed by atoms with Gasteiger partial charge in [0.15, 0.2) is 0 Å². The first-order chi connectivity index (χ1) is 9.74. The topological polar surface area (TPSA) is 57.6 Å². The molecule has 0 saturated heterocycles. The molecule has 0 saturated carbocycles. The second kappa shape index (κ2) is 7.48. The van der Waals surface area contributed by atoms with Gasteiger partial charge in [-0.1, -0.05) is 12.8 Å². The lowest BCUT2D eigenvalue weighted by atomic mass is 10.2. The van der Waals surface area contributed by atoms with Crippen LogP contribution in [0, 0.1) is 10.8 Å². The Morgan fingerprint density at radius 2 is 0.950 bits per heavy atom. The van der Waals surface area contributed by atoms with Crippen molar-refractivity contribution < 1.29 is 0 Å². The van der Waals surface area contributed by atoms with Gasteiger partial charge in [0, 0.05) is 37.9 Å². The first-order valence-corrected chi connectivity index (χ1v) is 7.15. The Hall–Kier alpha value is -2.10. The van der Waals surface area contributed by atoms with Crippen molar-refractivity contribution >= 4 is 0 Å². The van der Waals surface area contributed by atoms with Crippen molar-refractivity contribution in [3.63, 3.8) is 0 Å². The van der Waals surface area contributed by atoms with E-state index in [1.807, 2.05) is 49.1 Å². The largest absolute Gasteiger partial charge is 0.354 e. The number of rotatable bonds is 7. The molecule has 2 rings (SSSR count). The highest BCUT2D eigenvalue weighted by molar-refractivity contribution is 4.91. The van der Waals surface area contributed by atoms with Crippen LogP contribution in [0.1, 0.15) is 25.7 Å². The van der Waals surface area contributed by atoms with Crippen LogP contribution in [-0.2, 0) is 13.1 Å². The van der Waals surface area contributed by atoms with E-state index in [1.165, 1.54) is 25.7 Å². The Labute approximate surface area is 119 Å². The number of aromatic nitrogens is 2. The smallest absolute Gasteiger partial charge is 0.0568 e. The summed E-state index contributed by atoms with van der Waals surface area (Å²) in [5.74, 6) is 0. The van der Waals surface area contributed by atoms with Crippen LogP contribution >= 0.6 is 0 Å². The Morgan fingerprint density at radius 1 is 0.600 bits per heavy atom. The van der Waals surface area contributed by atoms with E-state index in [-0.39, 0.29) is 0 Å². The monoisotopic (exact) mass is 270 g/mol. The summed E-state index contributed by atoms with van der Waals surface area (Å²) < 4.78 is 4.28. The molecule has 2 aromatic heterocycles. The molecule has 0 bridgehead atoms. The van der Waals surface area contributed by atoms with E-state index < -0.39 is 0 Å². The predicted octanol–water partition coefficient (Wildman–Crippen LogP) is 2.51. The van der Waals surface area contributed by atoms with Crippen LogP contribution < -0.4 is 10.7 Å². The van der Waals surface area contributed by atoms with Crippen LogP contribution in [0.2, 0.25) is 0 Å². The lowest BCUT2D eigenvalue weighted by molar-refractivity contribution is 0.537. The van der Waals surface area contributed by atoms with Gasteiger partial charge in [-0.05, 0) is 37.1 Å². The zero-order valence-corrected chi connectivity index (χ0v) is 11.8. The predicted molar refractivity (Wildman–Crippen MR) is 79.0 cm³/mol. The molecule has 0 unspecified atom stereocenters. The van der Waals surface area contributed by atoms with Gasteiger partial charge in [0.25, 0.3) is 0 Å². The highest BCUT2D eigenvalue weighted by Crippen LogP contribution is 2.03. The van der Waals surface area contributed by atoms with Crippen LogP contribution in [-0.4, -0.2) is 9.13 Å². The Balaban J connectivity index is 1.60. The Morgan fingerprint density at radius 3 is 1.30 bits per heavy atom. The van der Waals surface area contributed by atoms with Gasteiger partial charge in [-0.2, -0.15) is 0 Å². The molecule has 4 heteroatoms. The van der Waals surface area contributed by atoms with Crippen LogP contribution in [0.5, 0.6) is 0 Å². The third kappa shape index (κ3) is 4.88. The highest BCUT2D eigenvalue weighted by Gasteiger charge is 1.93. The molecule has 0 fully saturated rings. The second-order valence-electron chi connectivity index (χ2n) is 5.06. The fraction of sp³-hybridized carbons (Fsp3) is 0.375. The quantitative estimate of drug-likeness (QED) is 0.726. The minimum absolute atomic E-state index is 0.567. The molecule has 0 aliphatic rings. The number of nitrogens with one attached hydrogen (secondary N) is 2. The van der Waals surface area contributed by atoms with Crippen LogP contribution in [0.4, 0.5) is 0 Å². The molecule has 0 spiro atoms. The van der Waals surface area contributed by atoms with Gasteiger partial charge in [0.1, 0.15) is 0 Å². The average molecular weight is 270 g/mol. The van der Waals surface area contributed by atoms with E-state index in [0.29, 0.717) is 10.7 Å². The lowest BCUT2D eigenvalue weighted by Gasteiger charge is -2.07. The molecule has 106 valence electrons. The van der Waals surface area contributed by atoms with Gasteiger partial charge in [0.05, 0.1) is 10.7 Å². The number of aryl methyl sites for hydroxylation is 2. The van der Waals surface area contributed by atoms with Crippen LogP contribution in [0.15, 0.2) is 49.1 Å². The third-order valence-electron chi connectivity index (χ3n) is 3.36. The molecule has 0 amide bonds. The molecule has 0 radical (unpaired) electrons. The van der Waals surface area contributed by atoms with Crippen molar-refractivity contribution in [2.75, 3.05) is 0 Å². The summed E-state index contributed by atoms with van der Waals surface area (Å²) in [7, 11) is 0. The fourth-order valence-corrected chi connectivity index (χ4v) is 2.16. The average Bonchev–Trinajstić information content (AvgIpc) is 2.46. The van der Waals surface area contributed by atoms with Crippen molar-refractivity contribution in [3.8, 4) is 0 Å². The maximum absolute atomic E-state index is 7.43. The molecule has 2 heterocycles. The van der Waals surface area contributed by atoms with Gasteiger partial charge in [-0.25, -0.2) is 0 Å². The van der Waals surface area contributed by atoms with E-state index in [9.17, 15) is 0 Å². The summed E-state index contributed by atoms with van der Waals surface area (Å²) in [6.45, 7) is 2.06. The fourth-order valence-electron chi connectivity index (χ4n) is 2.16. The Bertz CT molecular complexity index is 541. The SMILES string of the molecule is N=c1ccn(CCCCCCn2ccc(=N)cc2)cc1. The normalized spacial score (nSPS) is 10.6. The van der Waals surface area contributed by atoms with Gasteiger partial charge in [-0.15, -0.1) is 0 Å². The van der Waals surface area contributed by atoms with Crippen molar-refractivity contribution in [2.24, 2.45) is 0 Å². The highest BCUT2D eigenvalue weighted by atomic mass is 14.9. The molecule has 0 aliphatic heterocycles. The molecule has 2 N–H and O–H groups in total. The van der Waals surface area contributed by atoms with E-state index in [1.54, 1.807) is 0 Å². The van der Waals surface area contributed by atoms with Crippen LogP contribution in [0.25, 0.3) is 0 Å². The Kier molecular flexibility index (Phi) is 5.35. The lowest BCUT2D eigenvalue weighted by Crippen LogP contribution is -2.05. The molecule has 0 atom stereocenters. The standard InChI is InChI=1S/C16H22N4/c17-15-5-11-19(12-6-15)9-3-1-2-4-10-20-13-7-16(18)8-14-20/h5-8,11-14,17-18H,1-4,9-10H2. The molecule has 0 aliphatic carbocycles. The second-order valence-corrected chi connectivity index (χ2v) is 5.06. The maximum atomic E-state index is 7.43. The van der Waals surface area contributed by atoms with Crippen LogP contribution in [0.3, 0.4) is 0 Å². The van der Waals surface area contributed by atoms with Crippen molar-refractivity contribution in [2.45, 2.75) is 38.8 Å². The van der Waals surface area contributed by atoms with E-state index in [4.69, 9.17) is 10.8 Å². The van der Waals surface area contributed by atoms with Gasteiger partial charge in [0.2, 0.25) is 0 Å². The molecular formula is C16H22N4. The summed E-state index contributed by atoms with van der Waals surface area (Å²) in [5.41, 5.74) is 0. The van der Waals surface area contributed by atoms with Gasteiger partial charge >= 0.3 is 0 Å². The molecule has 2 aromatic rings. The molecular weight excluding hydrogens is 248 g/mol. The number of unbranched alkanes of at least 4 members (excludes halogenated alkanes) is 3. The molecule has 0 aromatic carbocycles. The minimum atomic E-state index is 0.567. The van der Waals surface area contributed by atoms with Gasteiger partial charge in [-0.3, -0.25) is 0 Å². The first kappa shape index (κ1) is 14.3. The van der Waals surface area contributed by atoms with Crippen molar-refractivity contribution in [1.29, 1.82) is 10.8 Å². The third-order valence-corrected chi connectivity index (χ3v) is 3.36. The van der Waals surface area contributed by atoms with Crippen molar-refractivity contribution in [1.82, 2.24) is 9.13 Å². The summed E-state index contributed by atoms with van der Waals surface area (Å²) in [6.07, 6.45) is 12.7. The maximum Gasteiger partial charge on any atom is 0.0568 e. The van der Waals surface area contributed by atoms with E-state index in [2.05, 4.69) is 9.13 Å². The first-order valence-electron chi connectivity index (χ1n) is 7.15. The zero-order chi connectivity index (χ0) is 14.2. The minimum Gasteiger partial charge on any atom is -0.354 e. The zero-order valence-electron chi connectivity index (χ0n) is 11.8. The van der Waals surface area contributed by atoms with E-state index >= 15 is 0 Å². The van der Waals surface area contributed by atoms with Gasteiger partial charge < -0.3 is 20.0 Å². The van der Waals surface area contributed by atoms with E-state index in [0.717, 1.165) is 13.1 Å². The summed E-state index contributed by atoms with van der Waals surface area (Å²) in [4.78, 5) is 0.